The number of aryl methyl sites for hydroxylation is 1. The van der Waals surface area contributed by atoms with Gasteiger partial charge in [0, 0.05) is 17.5 Å². The molecule has 9 heteroatoms. The van der Waals surface area contributed by atoms with Gasteiger partial charge in [-0.25, -0.2) is 4.79 Å². The predicted octanol–water partition coefficient (Wildman–Crippen LogP) is 5.63. The second-order valence-corrected chi connectivity index (χ2v) is 11.8. The van der Waals surface area contributed by atoms with E-state index in [4.69, 9.17) is 4.74 Å². The lowest BCUT2D eigenvalue weighted by atomic mass is 9.87. The van der Waals surface area contributed by atoms with Crippen molar-refractivity contribution in [3.8, 4) is 11.4 Å². The molecule has 0 radical (unpaired) electrons. The smallest absolute Gasteiger partial charge is 0.341 e. The second kappa shape index (κ2) is 10.5. The maximum Gasteiger partial charge on any atom is 0.341 e. The maximum atomic E-state index is 12.8. The monoisotopic (exact) mass is 512 g/mol. The number of ether oxygens (including phenoxy) is 1. The Bertz CT molecular complexity index is 1220. The molecule has 0 fully saturated rings. The second-order valence-electron chi connectivity index (χ2n) is 9.79. The van der Waals surface area contributed by atoms with Crippen molar-refractivity contribution in [3.63, 3.8) is 0 Å². The molecule has 1 aliphatic rings. The van der Waals surface area contributed by atoms with Crippen molar-refractivity contribution >= 4 is 40.0 Å². The van der Waals surface area contributed by atoms with Crippen molar-refractivity contribution < 1.29 is 14.3 Å². The van der Waals surface area contributed by atoms with Crippen LogP contribution in [0.4, 0.5) is 5.00 Å². The third kappa shape index (κ3) is 5.62. The van der Waals surface area contributed by atoms with E-state index in [1.54, 1.807) is 0 Å². The predicted molar refractivity (Wildman–Crippen MR) is 141 cm³/mol. The van der Waals surface area contributed by atoms with Gasteiger partial charge in [0.1, 0.15) is 5.00 Å². The van der Waals surface area contributed by atoms with E-state index in [-0.39, 0.29) is 23.0 Å². The summed E-state index contributed by atoms with van der Waals surface area (Å²) in [6.45, 7) is 6.56. The largest absolute Gasteiger partial charge is 0.465 e. The summed E-state index contributed by atoms with van der Waals surface area (Å²) in [5, 5.41) is 12.8. The molecule has 2 heterocycles. The van der Waals surface area contributed by atoms with Crippen LogP contribution in [-0.4, -0.2) is 39.5 Å². The van der Waals surface area contributed by atoms with Crippen molar-refractivity contribution in [2.75, 3.05) is 18.2 Å². The van der Waals surface area contributed by atoms with E-state index in [0.717, 1.165) is 49.1 Å². The summed E-state index contributed by atoms with van der Waals surface area (Å²) in [4.78, 5) is 26.5. The van der Waals surface area contributed by atoms with Crippen molar-refractivity contribution in [2.45, 2.75) is 63.4 Å². The number of thioether (sulfide) groups is 1. The summed E-state index contributed by atoms with van der Waals surface area (Å²) in [5.74, 6) is 0.347. The number of hydrogen-bond donors (Lipinski definition) is 1. The fraction of sp³-hybridized carbons (Fsp3) is 0.462. The number of aromatic nitrogens is 3. The van der Waals surface area contributed by atoms with E-state index in [9.17, 15) is 9.59 Å². The van der Waals surface area contributed by atoms with Gasteiger partial charge in [0.15, 0.2) is 11.0 Å². The number of rotatable bonds is 6. The summed E-state index contributed by atoms with van der Waals surface area (Å²) in [6, 6.07) is 8.35. The molecule has 35 heavy (non-hydrogen) atoms. The molecule has 3 aromatic rings. The first-order chi connectivity index (χ1) is 16.7. The van der Waals surface area contributed by atoms with Crippen molar-refractivity contribution in [1.82, 2.24) is 14.8 Å². The minimum Gasteiger partial charge on any atom is -0.465 e. The number of thiophene rings is 1. The number of carbonyl (C=O) groups excluding carboxylic acids is 2. The Kier molecular flexibility index (Phi) is 7.66. The highest BCUT2D eigenvalue weighted by molar-refractivity contribution is 7.99. The standard InChI is InChI=1S/C26H32N4O3S2/c1-26(2,3)17-13-11-16(12-14-17)22-28-29-25(30(22)4)34-15-20(31)27-23-21(24(32)33-5)18-9-7-6-8-10-19(18)35-23/h11-14H,6-10,15H2,1-5H3,(H,27,31). The van der Waals surface area contributed by atoms with Gasteiger partial charge < -0.3 is 14.6 Å². The Morgan fingerprint density at radius 3 is 2.51 bits per heavy atom. The fourth-order valence-electron chi connectivity index (χ4n) is 4.25. The number of hydrogen-bond acceptors (Lipinski definition) is 7. The minimum atomic E-state index is -0.386. The van der Waals surface area contributed by atoms with Crippen molar-refractivity contribution in [1.29, 1.82) is 0 Å². The number of fused-ring (bicyclic) bond motifs is 1. The van der Waals surface area contributed by atoms with Crippen molar-refractivity contribution in [3.05, 3.63) is 45.8 Å². The van der Waals surface area contributed by atoms with Crippen LogP contribution in [0.3, 0.4) is 0 Å². The SMILES string of the molecule is COC(=O)c1c(NC(=O)CSc2nnc(-c3ccc(C(C)(C)C)cc3)n2C)sc2c1CCCCC2. The van der Waals surface area contributed by atoms with E-state index in [2.05, 4.69) is 60.6 Å². The van der Waals surface area contributed by atoms with Gasteiger partial charge in [-0.3, -0.25) is 4.79 Å². The molecule has 1 amide bonds. The molecule has 1 aromatic carbocycles. The molecule has 0 aliphatic heterocycles. The first-order valence-corrected chi connectivity index (χ1v) is 13.6. The molecule has 0 spiro atoms. The lowest BCUT2D eigenvalue weighted by Crippen LogP contribution is -2.16. The number of esters is 1. The fourth-order valence-corrected chi connectivity index (χ4v) is 6.26. The van der Waals surface area contributed by atoms with Gasteiger partial charge in [-0.15, -0.1) is 21.5 Å². The minimum absolute atomic E-state index is 0.0849. The molecular formula is C26H32N4O3S2. The topological polar surface area (TPSA) is 86.1 Å². The first kappa shape index (κ1) is 25.4. The number of methoxy groups -OCH3 is 1. The van der Waals surface area contributed by atoms with E-state index in [1.165, 1.54) is 40.6 Å². The summed E-state index contributed by atoms with van der Waals surface area (Å²) in [7, 11) is 3.28. The van der Waals surface area contributed by atoms with Crippen LogP contribution in [0.2, 0.25) is 0 Å². The Morgan fingerprint density at radius 1 is 1.11 bits per heavy atom. The van der Waals surface area contributed by atoms with E-state index >= 15 is 0 Å². The highest BCUT2D eigenvalue weighted by Gasteiger charge is 2.26. The molecule has 4 rings (SSSR count). The van der Waals surface area contributed by atoms with Gasteiger partial charge >= 0.3 is 5.97 Å². The van der Waals surface area contributed by atoms with Crippen LogP contribution in [0, 0.1) is 0 Å². The number of anilines is 1. The number of nitrogens with zero attached hydrogens (tertiary/aromatic N) is 3. The van der Waals surface area contributed by atoms with Crippen LogP contribution < -0.4 is 5.32 Å². The summed E-state index contributed by atoms with van der Waals surface area (Å²) in [5.41, 5.74) is 3.88. The molecule has 0 unspecified atom stereocenters. The zero-order valence-electron chi connectivity index (χ0n) is 20.9. The van der Waals surface area contributed by atoms with Crippen molar-refractivity contribution in [2.24, 2.45) is 7.05 Å². The molecule has 0 bridgehead atoms. The number of nitrogens with one attached hydrogen (secondary N) is 1. The Morgan fingerprint density at radius 2 is 1.83 bits per heavy atom. The Balaban J connectivity index is 1.45. The summed E-state index contributed by atoms with van der Waals surface area (Å²) in [6.07, 6.45) is 5.09. The lowest BCUT2D eigenvalue weighted by molar-refractivity contribution is -0.113. The van der Waals surface area contributed by atoms with Crippen LogP contribution in [0.1, 0.15) is 66.4 Å². The van der Waals surface area contributed by atoms with Crippen LogP contribution in [0.5, 0.6) is 0 Å². The van der Waals surface area contributed by atoms with E-state index < -0.39 is 0 Å². The third-order valence-corrected chi connectivity index (χ3v) is 8.47. The average Bonchev–Trinajstić information content (AvgIpc) is 3.27. The van der Waals surface area contributed by atoms with Gasteiger partial charge in [0.05, 0.1) is 18.4 Å². The van der Waals surface area contributed by atoms with Crippen LogP contribution in [-0.2, 0) is 34.8 Å². The zero-order valence-corrected chi connectivity index (χ0v) is 22.6. The average molecular weight is 513 g/mol. The molecule has 1 N–H and O–H groups in total. The quantitative estimate of drug-likeness (QED) is 0.262. The Labute approximate surface area is 214 Å². The van der Waals surface area contributed by atoms with Gasteiger partial charge in [-0.05, 0) is 42.2 Å². The molecule has 7 nitrogen and oxygen atoms in total. The summed E-state index contributed by atoms with van der Waals surface area (Å²) < 4.78 is 6.93. The van der Waals surface area contributed by atoms with Gasteiger partial charge in [-0.2, -0.15) is 0 Å². The maximum absolute atomic E-state index is 12.8. The van der Waals surface area contributed by atoms with E-state index in [0.29, 0.717) is 15.7 Å². The highest BCUT2D eigenvalue weighted by Crippen LogP contribution is 2.38. The van der Waals surface area contributed by atoms with Crippen LogP contribution >= 0.6 is 23.1 Å². The molecule has 0 saturated heterocycles. The third-order valence-electron chi connectivity index (χ3n) is 6.24. The zero-order chi connectivity index (χ0) is 25.2. The van der Waals surface area contributed by atoms with Gasteiger partial charge in [0.2, 0.25) is 5.91 Å². The molecule has 0 saturated carbocycles. The lowest BCUT2D eigenvalue weighted by Gasteiger charge is -2.19. The molecular weight excluding hydrogens is 480 g/mol. The number of carbonyl (C=O) groups is 2. The normalized spacial score (nSPS) is 13.7. The summed E-state index contributed by atoms with van der Waals surface area (Å²) >= 11 is 2.82. The van der Waals surface area contributed by atoms with Crippen LogP contribution in [0.25, 0.3) is 11.4 Å². The van der Waals surface area contributed by atoms with Gasteiger partial charge in [-0.1, -0.05) is 63.2 Å². The first-order valence-electron chi connectivity index (χ1n) is 11.8. The Hall–Kier alpha value is -2.65. The molecule has 1 aliphatic carbocycles. The van der Waals surface area contributed by atoms with Gasteiger partial charge in [0.25, 0.3) is 0 Å². The van der Waals surface area contributed by atoms with E-state index in [1.807, 2.05) is 11.6 Å². The molecule has 2 aromatic heterocycles. The highest BCUT2D eigenvalue weighted by atomic mass is 32.2. The van der Waals surface area contributed by atoms with Crippen LogP contribution in [0.15, 0.2) is 29.4 Å². The molecule has 186 valence electrons. The number of benzene rings is 1. The molecule has 0 atom stereocenters. The number of amides is 1.